The maximum Gasteiger partial charge on any atom is 2.00 e. The van der Waals surface area contributed by atoms with Gasteiger partial charge in [0.2, 0.25) is 0 Å². The van der Waals surface area contributed by atoms with Gasteiger partial charge in [0.05, 0.1) is 0 Å². The molecule has 0 aliphatic carbocycles. The Balaban J connectivity index is -0.00000000145. The molecule has 0 atom stereocenters. The van der Waals surface area contributed by atoms with Gasteiger partial charge < -0.3 is 61.3 Å². The van der Waals surface area contributed by atoms with Crippen molar-refractivity contribution < 1.29 is 65.9 Å². The van der Waals surface area contributed by atoms with Crippen LogP contribution in [0.4, 0.5) is 0 Å². The molecule has 0 fully saturated rings. The molecule has 0 radical (unpaired) electrons. The van der Waals surface area contributed by atoms with Gasteiger partial charge in [-0.05, 0) is 0 Å². The van der Waals surface area contributed by atoms with Crippen LogP contribution in [-0.2, 0) is 4.57 Å². The first-order valence-corrected chi connectivity index (χ1v) is 2.35. The summed E-state index contributed by atoms with van der Waals surface area (Å²) in [6, 6.07) is 0. The van der Waals surface area contributed by atoms with Gasteiger partial charge in [-0.3, -0.25) is 0 Å². The van der Waals surface area contributed by atoms with Gasteiger partial charge in [-0.15, -0.1) is 0 Å². The molecule has 14 heavy (non-hydrogen) atoms. The fourth-order valence-corrected chi connectivity index (χ4v) is 0. The second-order valence-corrected chi connectivity index (χ2v) is 1.54. The van der Waals surface area contributed by atoms with Gasteiger partial charge >= 0.3 is 30.9 Å². The van der Waals surface area contributed by atoms with Crippen LogP contribution in [0.2, 0.25) is 0 Å². The molecule has 0 bridgehead atoms. The van der Waals surface area contributed by atoms with E-state index in [0.717, 1.165) is 0 Å². The molecule has 19 N–H and O–H groups in total. The van der Waals surface area contributed by atoms with Crippen LogP contribution in [0.25, 0.3) is 0 Å². The van der Waals surface area contributed by atoms with Crippen LogP contribution in [0, 0.1) is 0 Å². The minimum absolute atomic E-state index is 0. The van der Waals surface area contributed by atoms with Gasteiger partial charge in [-0.1, -0.05) is 0 Å². The Labute approximate surface area is 97.4 Å². The molecule has 0 aromatic heterocycles. The molecule has 0 unspecified atom stereocenters. The van der Waals surface area contributed by atoms with Crippen molar-refractivity contribution in [2.24, 2.45) is 0 Å². The number of rotatable bonds is 0. The van der Waals surface area contributed by atoms with Gasteiger partial charge in [-0.25, -0.2) is 4.57 Å². The average molecular weight is 268 g/mol. The Bertz CT molecular complexity index is 65.2. The van der Waals surface area contributed by atoms with E-state index in [4.69, 9.17) is 19.2 Å². The van der Waals surface area contributed by atoms with Gasteiger partial charge in [0, 0.05) is 0 Å². The summed E-state index contributed by atoms with van der Waals surface area (Å²) < 4.78 is 8.88. The quantitative estimate of drug-likeness (QED) is 0.284. The summed E-state index contributed by atoms with van der Waals surface area (Å²) in [6.07, 6.45) is 0. The van der Waals surface area contributed by atoms with Crippen LogP contribution in [0.1, 0.15) is 2.85 Å². The van der Waals surface area contributed by atoms with E-state index in [-0.39, 0.29) is 69.7 Å². The zero-order valence-electron chi connectivity index (χ0n) is 8.90. The van der Waals surface area contributed by atoms with Gasteiger partial charge in [0.25, 0.3) is 0 Å². The Morgan fingerprint density at radius 3 is 0.643 bits per heavy atom. The smallest absolute Gasteiger partial charge is 1.00 e. The SMILES string of the molecule is O.O.O.O.O.O.O.O.O=P(O)(O)O.[H-].[H-].[Mg+2]. The predicted octanol–water partition coefficient (Wildman–Crippen LogP) is -7.68. The monoisotopic (exact) mass is 268 g/mol. The van der Waals surface area contributed by atoms with Gasteiger partial charge in [0.15, 0.2) is 0 Å². The van der Waals surface area contributed by atoms with E-state index in [1.165, 1.54) is 0 Å². The number of phosphoric acid groups is 1. The summed E-state index contributed by atoms with van der Waals surface area (Å²) in [7, 11) is -4.64. The van der Waals surface area contributed by atoms with Crippen LogP contribution in [0.15, 0.2) is 0 Å². The molecule has 0 saturated carbocycles. The third-order valence-electron chi connectivity index (χ3n) is 0. The third kappa shape index (κ3) is 5420. The van der Waals surface area contributed by atoms with E-state index in [1.807, 2.05) is 0 Å². The molecule has 0 saturated heterocycles. The molecule has 0 aliphatic rings. The van der Waals surface area contributed by atoms with Gasteiger partial charge in [-0.2, -0.15) is 0 Å². The molecule has 100 valence electrons. The standard InChI is InChI=1S/Mg.H3O4P.8H2O.2H/c;1-5(2,3)4;;;;;;;;;;/h;(H3,1,2,3,4);8*1H2;;/q+2;;;;;;;;;;2*-1. The first kappa shape index (κ1) is 129. The summed E-state index contributed by atoms with van der Waals surface area (Å²) in [4.78, 5) is 21.6. The summed E-state index contributed by atoms with van der Waals surface area (Å²) in [5.41, 5.74) is 0. The van der Waals surface area contributed by atoms with Crippen molar-refractivity contribution in [1.29, 1.82) is 0 Å². The Morgan fingerprint density at radius 2 is 0.643 bits per heavy atom. The molecule has 0 heterocycles. The van der Waals surface area contributed by atoms with E-state index in [9.17, 15) is 0 Å². The first-order chi connectivity index (χ1) is 2.00. The van der Waals surface area contributed by atoms with Crippen molar-refractivity contribution in [2.45, 2.75) is 0 Å². The maximum atomic E-state index is 8.88. The predicted molar refractivity (Wildman–Crippen MR) is 51.2 cm³/mol. The van der Waals surface area contributed by atoms with Crippen molar-refractivity contribution in [1.82, 2.24) is 0 Å². The van der Waals surface area contributed by atoms with Crippen LogP contribution in [0.5, 0.6) is 0 Å². The fraction of sp³-hybridized carbons (Fsp3) is 0. The van der Waals surface area contributed by atoms with Crippen LogP contribution < -0.4 is 0 Å². The van der Waals surface area contributed by atoms with E-state index in [2.05, 4.69) is 0 Å². The molecule has 0 aromatic carbocycles. The van der Waals surface area contributed by atoms with Crippen molar-refractivity contribution >= 4 is 30.9 Å². The Morgan fingerprint density at radius 1 is 0.643 bits per heavy atom. The minimum atomic E-state index is -4.64. The molecule has 0 amide bonds. The van der Waals surface area contributed by atoms with Crippen LogP contribution in [-0.4, -0.2) is 81.5 Å². The summed E-state index contributed by atoms with van der Waals surface area (Å²) in [5, 5.41) is 0. The maximum absolute atomic E-state index is 8.88. The first-order valence-electron chi connectivity index (χ1n) is 0.783. The average Bonchev–Trinajstić information content (AvgIpc) is 0.722. The Kier molecular flexibility index (Phi) is 458. The van der Waals surface area contributed by atoms with Crippen molar-refractivity contribution in [3.05, 3.63) is 0 Å². The molecular weight excluding hydrogens is 247 g/mol. The second-order valence-electron chi connectivity index (χ2n) is 0.513. The molecule has 0 rings (SSSR count). The van der Waals surface area contributed by atoms with Crippen LogP contribution in [0.3, 0.4) is 0 Å². The van der Waals surface area contributed by atoms with E-state index in [1.54, 1.807) is 0 Å². The molecule has 14 heteroatoms. The topological polar surface area (TPSA) is 330 Å². The normalized spacial score (nSPS) is 4.21. The van der Waals surface area contributed by atoms with E-state index < -0.39 is 7.82 Å². The van der Waals surface area contributed by atoms with Crippen molar-refractivity contribution in [2.75, 3.05) is 0 Å². The minimum Gasteiger partial charge on any atom is -1.00 e. The Hall–Kier alpha value is 0.556. The zero-order chi connectivity index (χ0) is 4.50. The summed E-state index contributed by atoms with van der Waals surface area (Å²) >= 11 is 0. The van der Waals surface area contributed by atoms with E-state index >= 15 is 0 Å². The summed E-state index contributed by atoms with van der Waals surface area (Å²) in [6.45, 7) is 0. The van der Waals surface area contributed by atoms with Crippen molar-refractivity contribution in [3.63, 3.8) is 0 Å². The third-order valence-corrected chi connectivity index (χ3v) is 0. The van der Waals surface area contributed by atoms with E-state index in [0.29, 0.717) is 0 Å². The van der Waals surface area contributed by atoms with Crippen molar-refractivity contribution in [3.8, 4) is 0 Å². The number of hydrogen-bond donors (Lipinski definition) is 3. The second kappa shape index (κ2) is 49.7. The molecule has 0 aromatic rings. The van der Waals surface area contributed by atoms with Crippen LogP contribution >= 0.6 is 7.82 Å². The fourth-order valence-electron chi connectivity index (χ4n) is 0. The molecule has 0 spiro atoms. The largest absolute Gasteiger partial charge is 2.00 e. The zero-order valence-corrected chi connectivity index (χ0v) is 9.21. The molecule has 12 nitrogen and oxygen atoms in total. The number of hydrogen-bond acceptors (Lipinski definition) is 1. The molecule has 0 aliphatic heterocycles. The van der Waals surface area contributed by atoms with Gasteiger partial charge in [0.1, 0.15) is 0 Å². The molecular formula is H21MgO12P. The summed E-state index contributed by atoms with van der Waals surface area (Å²) in [5.74, 6) is 0.